The fraction of sp³-hybridized carbons (Fsp3) is 0.238. The van der Waals surface area contributed by atoms with Crippen LogP contribution >= 0.6 is 11.8 Å². The van der Waals surface area contributed by atoms with Crippen molar-refractivity contribution in [3.05, 3.63) is 59.2 Å². The van der Waals surface area contributed by atoms with E-state index in [0.717, 1.165) is 28.2 Å². The Kier molecular flexibility index (Phi) is 5.00. The molecule has 0 fully saturated rings. The number of thioether (sulfide) groups is 1. The van der Waals surface area contributed by atoms with Gasteiger partial charge in [-0.3, -0.25) is 9.59 Å². The Morgan fingerprint density at radius 2 is 2.00 bits per heavy atom. The van der Waals surface area contributed by atoms with Gasteiger partial charge in [0.15, 0.2) is 16.8 Å². The third-order valence-electron chi connectivity index (χ3n) is 4.88. The van der Waals surface area contributed by atoms with Crippen LogP contribution < -0.4 is 5.32 Å². The van der Waals surface area contributed by atoms with E-state index >= 15 is 0 Å². The Bertz CT molecular complexity index is 1070. The summed E-state index contributed by atoms with van der Waals surface area (Å²) in [6.45, 7) is 2.04. The van der Waals surface area contributed by atoms with Gasteiger partial charge in [0, 0.05) is 30.3 Å². The SMILES string of the molecule is Cc1ccccc1-c1nnc(SCC(=O)c2ccc3c(c2)CCC(=O)N3)n1C. The van der Waals surface area contributed by atoms with Crippen molar-refractivity contribution < 1.29 is 9.59 Å². The quantitative estimate of drug-likeness (QED) is 0.530. The second-order valence-electron chi connectivity index (χ2n) is 6.81. The summed E-state index contributed by atoms with van der Waals surface area (Å²) in [5.41, 5.74) is 4.63. The Balaban J connectivity index is 1.47. The smallest absolute Gasteiger partial charge is 0.224 e. The minimum atomic E-state index is 0.0221. The molecule has 0 unspecified atom stereocenters. The van der Waals surface area contributed by atoms with Crippen LogP contribution in [0.25, 0.3) is 11.4 Å². The molecule has 1 amide bonds. The van der Waals surface area contributed by atoms with Gasteiger partial charge in [0.1, 0.15) is 0 Å². The molecule has 0 bridgehead atoms. The Labute approximate surface area is 167 Å². The summed E-state index contributed by atoms with van der Waals surface area (Å²) < 4.78 is 1.92. The van der Waals surface area contributed by atoms with E-state index < -0.39 is 0 Å². The van der Waals surface area contributed by atoms with Crippen LogP contribution in [-0.4, -0.2) is 32.2 Å². The highest BCUT2D eigenvalue weighted by Gasteiger charge is 2.18. The number of hydrogen-bond donors (Lipinski definition) is 1. The van der Waals surface area contributed by atoms with Crippen LogP contribution in [0.3, 0.4) is 0 Å². The molecule has 0 radical (unpaired) electrons. The predicted octanol–water partition coefficient (Wildman–Crippen LogP) is 3.65. The number of nitrogens with one attached hydrogen (secondary N) is 1. The van der Waals surface area contributed by atoms with Gasteiger partial charge in [0.2, 0.25) is 5.91 Å². The highest BCUT2D eigenvalue weighted by Crippen LogP contribution is 2.27. The molecule has 1 aliphatic heterocycles. The molecular formula is C21H20N4O2S. The van der Waals surface area contributed by atoms with E-state index in [-0.39, 0.29) is 17.4 Å². The number of aryl methyl sites for hydroxylation is 2. The molecular weight excluding hydrogens is 372 g/mol. The highest BCUT2D eigenvalue weighted by molar-refractivity contribution is 7.99. The summed E-state index contributed by atoms with van der Waals surface area (Å²) in [6.07, 6.45) is 1.12. The number of ketones is 1. The first-order valence-corrected chi connectivity index (χ1v) is 10.1. The van der Waals surface area contributed by atoms with Crippen molar-refractivity contribution in [2.75, 3.05) is 11.1 Å². The first-order valence-electron chi connectivity index (χ1n) is 9.07. The van der Waals surface area contributed by atoms with Gasteiger partial charge >= 0.3 is 0 Å². The first-order chi connectivity index (χ1) is 13.5. The molecule has 2 heterocycles. The number of benzene rings is 2. The van der Waals surface area contributed by atoms with E-state index in [1.54, 1.807) is 6.07 Å². The number of carbonyl (C=O) groups is 2. The minimum absolute atomic E-state index is 0.0221. The van der Waals surface area contributed by atoms with Gasteiger partial charge in [0.25, 0.3) is 0 Å². The first kappa shape index (κ1) is 18.4. The van der Waals surface area contributed by atoms with Crippen LogP contribution in [-0.2, 0) is 18.3 Å². The Morgan fingerprint density at radius 3 is 2.82 bits per heavy atom. The van der Waals surface area contributed by atoms with Crippen LogP contribution in [0.5, 0.6) is 0 Å². The van der Waals surface area contributed by atoms with E-state index in [1.807, 2.05) is 54.9 Å². The second-order valence-corrected chi connectivity index (χ2v) is 7.75. The maximum absolute atomic E-state index is 12.6. The van der Waals surface area contributed by atoms with Crippen molar-refractivity contribution in [2.45, 2.75) is 24.9 Å². The van der Waals surface area contributed by atoms with Crippen molar-refractivity contribution in [2.24, 2.45) is 7.05 Å². The maximum atomic E-state index is 12.6. The van der Waals surface area contributed by atoms with Crippen molar-refractivity contribution in [1.82, 2.24) is 14.8 Å². The molecule has 0 saturated carbocycles. The zero-order chi connectivity index (χ0) is 19.7. The van der Waals surface area contributed by atoms with Crippen molar-refractivity contribution in [3.63, 3.8) is 0 Å². The number of Topliss-reactive ketones (excluding diaryl/α,β-unsaturated/α-hetero) is 1. The van der Waals surface area contributed by atoms with Gasteiger partial charge in [-0.25, -0.2) is 0 Å². The number of fused-ring (bicyclic) bond motifs is 1. The lowest BCUT2D eigenvalue weighted by Crippen LogP contribution is -2.19. The van der Waals surface area contributed by atoms with E-state index in [4.69, 9.17) is 0 Å². The summed E-state index contributed by atoms with van der Waals surface area (Å²) >= 11 is 1.38. The molecule has 0 atom stereocenters. The highest BCUT2D eigenvalue weighted by atomic mass is 32.2. The van der Waals surface area contributed by atoms with Gasteiger partial charge in [-0.2, -0.15) is 0 Å². The average Bonchev–Trinajstić information content (AvgIpc) is 3.06. The summed E-state index contributed by atoms with van der Waals surface area (Å²) in [4.78, 5) is 24.1. The molecule has 1 N–H and O–H groups in total. The predicted molar refractivity (Wildman–Crippen MR) is 110 cm³/mol. The number of anilines is 1. The molecule has 6 nitrogen and oxygen atoms in total. The van der Waals surface area contributed by atoms with Gasteiger partial charge in [-0.05, 0) is 42.7 Å². The molecule has 142 valence electrons. The number of nitrogens with zero attached hydrogens (tertiary/aromatic N) is 3. The number of rotatable bonds is 5. The molecule has 0 spiro atoms. The normalized spacial score (nSPS) is 13.1. The molecule has 0 saturated heterocycles. The monoisotopic (exact) mass is 392 g/mol. The van der Waals surface area contributed by atoms with Crippen molar-refractivity contribution in [3.8, 4) is 11.4 Å². The molecule has 7 heteroatoms. The van der Waals surface area contributed by atoms with Crippen LogP contribution in [0, 0.1) is 6.92 Å². The molecule has 1 aromatic heterocycles. The van der Waals surface area contributed by atoms with Crippen molar-refractivity contribution >= 4 is 29.1 Å². The lowest BCUT2D eigenvalue weighted by Gasteiger charge is -2.17. The van der Waals surface area contributed by atoms with Gasteiger partial charge in [-0.15, -0.1) is 10.2 Å². The summed E-state index contributed by atoms with van der Waals surface area (Å²) in [7, 11) is 1.91. The largest absolute Gasteiger partial charge is 0.326 e. The molecule has 0 aliphatic carbocycles. The molecule has 1 aliphatic rings. The second kappa shape index (κ2) is 7.59. The third-order valence-corrected chi connectivity index (χ3v) is 5.90. The fourth-order valence-corrected chi connectivity index (χ4v) is 4.07. The standard InChI is InChI=1S/C21H20N4O2S/c1-13-5-3-4-6-16(13)20-23-24-21(25(20)2)28-12-18(26)15-7-9-17-14(11-15)8-10-19(27)22-17/h3-7,9,11H,8,10,12H2,1-2H3,(H,22,27). The third kappa shape index (κ3) is 3.57. The lowest BCUT2D eigenvalue weighted by atomic mass is 9.99. The van der Waals surface area contributed by atoms with Crippen molar-refractivity contribution in [1.29, 1.82) is 0 Å². The summed E-state index contributed by atoms with van der Waals surface area (Å²) in [5.74, 6) is 1.13. The van der Waals surface area contributed by atoms with E-state index in [0.29, 0.717) is 23.6 Å². The molecule has 4 rings (SSSR count). The molecule has 3 aromatic rings. The van der Waals surface area contributed by atoms with Crippen LogP contribution in [0.4, 0.5) is 5.69 Å². The zero-order valence-electron chi connectivity index (χ0n) is 15.7. The van der Waals surface area contributed by atoms with Gasteiger partial charge in [0.05, 0.1) is 5.75 Å². The number of aromatic nitrogens is 3. The Morgan fingerprint density at radius 1 is 1.18 bits per heavy atom. The number of hydrogen-bond acceptors (Lipinski definition) is 5. The van der Waals surface area contributed by atoms with Crippen LogP contribution in [0.1, 0.15) is 27.9 Å². The number of carbonyl (C=O) groups excluding carboxylic acids is 2. The molecule has 2 aromatic carbocycles. The fourth-order valence-electron chi connectivity index (χ4n) is 3.27. The summed E-state index contributed by atoms with van der Waals surface area (Å²) in [6, 6.07) is 13.5. The zero-order valence-corrected chi connectivity index (χ0v) is 16.5. The lowest BCUT2D eigenvalue weighted by molar-refractivity contribution is -0.116. The summed E-state index contributed by atoms with van der Waals surface area (Å²) in [5, 5.41) is 12.1. The van der Waals surface area contributed by atoms with Crippen LogP contribution in [0.15, 0.2) is 47.6 Å². The Hall–Kier alpha value is -2.93. The average molecular weight is 392 g/mol. The van der Waals surface area contributed by atoms with E-state index in [9.17, 15) is 9.59 Å². The molecule has 28 heavy (non-hydrogen) atoms. The minimum Gasteiger partial charge on any atom is -0.326 e. The topological polar surface area (TPSA) is 76.9 Å². The van der Waals surface area contributed by atoms with E-state index in [2.05, 4.69) is 15.5 Å². The van der Waals surface area contributed by atoms with Gasteiger partial charge in [-0.1, -0.05) is 36.0 Å². The van der Waals surface area contributed by atoms with E-state index in [1.165, 1.54) is 11.8 Å². The van der Waals surface area contributed by atoms with Crippen LogP contribution in [0.2, 0.25) is 0 Å². The number of amides is 1. The van der Waals surface area contributed by atoms with Gasteiger partial charge < -0.3 is 9.88 Å². The maximum Gasteiger partial charge on any atom is 0.224 e.